The fourth-order valence-electron chi connectivity index (χ4n) is 1.99. The van der Waals surface area contributed by atoms with Crippen molar-refractivity contribution in [2.45, 2.75) is 26.1 Å². The molecule has 0 N–H and O–H groups in total. The Morgan fingerprint density at radius 1 is 1.20 bits per heavy atom. The highest BCUT2D eigenvalue weighted by Gasteiger charge is 2.31. The van der Waals surface area contributed by atoms with E-state index < -0.39 is 8.24 Å². The molecule has 15 heavy (non-hydrogen) atoms. The van der Waals surface area contributed by atoms with E-state index in [1.54, 1.807) is 0 Å². The minimum Gasteiger partial charge on any atom is -0.396 e. The molecule has 1 fully saturated rings. The summed E-state index contributed by atoms with van der Waals surface area (Å²) < 4.78 is 5.57. The Bertz CT molecular complexity index is 194. The lowest BCUT2D eigenvalue weighted by atomic mass is 10.4. The highest BCUT2D eigenvalue weighted by molar-refractivity contribution is 6.78. The van der Waals surface area contributed by atoms with E-state index in [2.05, 4.69) is 46.1 Å². The van der Waals surface area contributed by atoms with Gasteiger partial charge < -0.3 is 12.3 Å². The third kappa shape index (κ3) is 4.99. The summed E-state index contributed by atoms with van der Waals surface area (Å²) >= 11 is -0.0680. The maximum absolute atomic E-state index is 2.84. The lowest BCUT2D eigenvalue weighted by Gasteiger charge is -2.29. The van der Waals surface area contributed by atoms with Gasteiger partial charge in [0.15, 0.2) is 0 Å². The topological polar surface area (TPSA) is 9.72 Å². The van der Waals surface area contributed by atoms with Gasteiger partial charge in [0.1, 0.15) is 0 Å². The van der Waals surface area contributed by atoms with Crippen LogP contribution in [0.4, 0.5) is 0 Å². The summed E-state index contributed by atoms with van der Waals surface area (Å²) in [5.74, 6) is 0. The Kier molecular flexibility index (Phi) is 5.30. The third-order valence-corrected chi connectivity index (χ3v) is 10.2. The fraction of sp³-hybridized carbons (Fsp3) is 1.00. The summed E-state index contributed by atoms with van der Waals surface area (Å²) in [6.45, 7) is 12.7. The highest BCUT2D eigenvalue weighted by Crippen LogP contribution is 2.13. The second-order valence-corrected chi connectivity index (χ2v) is 13.4. The summed E-state index contributed by atoms with van der Waals surface area (Å²) in [5.41, 5.74) is 0. The van der Waals surface area contributed by atoms with Crippen molar-refractivity contribution in [3.05, 3.63) is 0 Å². The molecule has 0 aromatic rings. The monoisotopic (exact) mass is 243 g/mol. The first-order valence-electron chi connectivity index (χ1n) is 6.02. The Labute approximate surface area is 103 Å². The van der Waals surface area contributed by atoms with Gasteiger partial charge in [-0.3, -0.25) is 0 Å². The van der Waals surface area contributed by atoms with Crippen LogP contribution in [0.25, 0.3) is 0 Å². The van der Waals surface area contributed by atoms with E-state index in [1.165, 1.54) is 32.6 Å². The molecule has 5 heteroatoms. The first-order chi connectivity index (χ1) is 6.89. The van der Waals surface area contributed by atoms with Crippen LogP contribution >= 0.6 is 0 Å². The maximum Gasteiger partial charge on any atom is 0.455 e. The normalized spacial score (nSPS) is 19.9. The van der Waals surface area contributed by atoms with Crippen LogP contribution in [0.1, 0.15) is 6.42 Å². The van der Waals surface area contributed by atoms with Gasteiger partial charge in [0, 0.05) is 0 Å². The highest BCUT2D eigenvalue weighted by atomic mass is 28.3. The van der Waals surface area contributed by atoms with E-state index in [9.17, 15) is 0 Å². The van der Waals surface area contributed by atoms with Gasteiger partial charge in [0.05, 0.1) is 8.24 Å². The molecule has 0 amide bonds. The van der Waals surface area contributed by atoms with Crippen molar-refractivity contribution in [2.75, 3.05) is 40.3 Å². The first-order valence-corrected chi connectivity index (χ1v) is 10.7. The van der Waals surface area contributed by atoms with E-state index in [0.717, 1.165) is 0 Å². The van der Waals surface area contributed by atoms with Gasteiger partial charge in [-0.25, -0.2) is 0 Å². The van der Waals surface area contributed by atoms with Gasteiger partial charge in [-0.2, -0.15) is 0 Å². The molecule has 1 heterocycles. The molecule has 0 unspecified atom stereocenters. The molecule has 0 radical (unpaired) electrons. The Hall–Kier alpha value is 0.629. The van der Waals surface area contributed by atoms with Crippen LogP contribution in [0, 0.1) is 0 Å². The van der Waals surface area contributed by atoms with Crippen molar-refractivity contribution in [1.82, 2.24) is 12.3 Å². The lowest BCUT2D eigenvalue weighted by Crippen LogP contribution is -2.47. The minimum absolute atomic E-state index is 0.0680. The molecule has 3 nitrogen and oxygen atoms in total. The number of rotatable bonds is 5. The number of hydrogen-bond donors (Lipinski definition) is 0. The summed E-state index contributed by atoms with van der Waals surface area (Å²) in [4.78, 5) is 2.29. The predicted octanol–water partition coefficient (Wildman–Crippen LogP) is 0.657. The molecule has 1 aliphatic rings. The van der Waals surface area contributed by atoms with E-state index in [1.807, 2.05) is 0 Å². The van der Waals surface area contributed by atoms with Crippen LogP contribution in [-0.2, 0) is 0 Å². The Balaban J connectivity index is 2.19. The van der Waals surface area contributed by atoms with Gasteiger partial charge in [0.25, 0.3) is 0 Å². The molecule has 0 saturated carbocycles. The van der Waals surface area contributed by atoms with Gasteiger partial charge in [-0.05, 0) is 46.7 Å². The predicted molar refractivity (Wildman–Crippen MR) is 71.9 cm³/mol. The van der Waals surface area contributed by atoms with E-state index in [0.29, 0.717) is 0 Å². The number of nitrogens with zero attached hydrogens (tertiary/aromatic N) is 3. The van der Waals surface area contributed by atoms with Crippen LogP contribution in [-0.4, -0.2) is 76.5 Å². The average Bonchev–Trinajstić information content (AvgIpc) is 2.51. The molecule has 1 saturated heterocycles. The smallest absolute Gasteiger partial charge is 0.396 e. The van der Waals surface area contributed by atoms with Gasteiger partial charge in [0.2, 0.25) is 0 Å². The maximum atomic E-state index is 2.84. The van der Waals surface area contributed by atoms with Crippen LogP contribution in [0.2, 0.25) is 19.6 Å². The van der Waals surface area contributed by atoms with Gasteiger partial charge in [-0.1, -0.05) is 19.6 Å². The molecule has 1 aliphatic heterocycles. The second-order valence-electron chi connectivity index (χ2n) is 5.85. The third-order valence-electron chi connectivity index (χ3n) is 3.09. The van der Waals surface area contributed by atoms with Crippen molar-refractivity contribution in [2.24, 2.45) is 0 Å². The molecule has 0 aliphatic carbocycles. The quantitative estimate of drug-likeness (QED) is 0.657. The number of hydrogen-bond acceptors (Lipinski definition) is 3. The van der Waals surface area contributed by atoms with E-state index >= 15 is 0 Å². The first kappa shape index (κ1) is 13.7. The summed E-state index contributed by atoms with van der Waals surface area (Å²) in [7, 11) is 3.34. The minimum atomic E-state index is -0.984. The zero-order valence-electron chi connectivity index (χ0n) is 11.1. The molecule has 1 rings (SSSR count). The van der Waals surface area contributed by atoms with Crippen molar-refractivity contribution in [3.8, 4) is 0 Å². The van der Waals surface area contributed by atoms with Gasteiger partial charge in [-0.15, -0.1) is 0 Å². The summed E-state index contributed by atoms with van der Waals surface area (Å²) in [6.07, 6.45) is 1.33. The van der Waals surface area contributed by atoms with Crippen molar-refractivity contribution in [3.63, 3.8) is 0 Å². The lowest BCUT2D eigenvalue weighted by molar-refractivity contribution is 0.367. The molecule has 0 aromatic heterocycles. The molecular formula is C10H26AlN3Si. The molecule has 0 bridgehead atoms. The summed E-state index contributed by atoms with van der Waals surface area (Å²) in [5, 5.41) is 0. The van der Waals surface area contributed by atoms with Gasteiger partial charge >= 0.3 is 15.7 Å². The molecule has 0 aromatic carbocycles. The van der Waals surface area contributed by atoms with Crippen LogP contribution < -0.4 is 0 Å². The standard InChI is InChI=1S/C10H25N3Si.Al.H/c1-13(2)10-6-7-11-8-9-12-14(3,4)5;;/h6-10H2,1-5H3;;/q-2;+2;. The Morgan fingerprint density at radius 3 is 2.33 bits per heavy atom. The van der Waals surface area contributed by atoms with Crippen molar-refractivity contribution < 1.29 is 0 Å². The molecule has 0 atom stereocenters. The summed E-state index contributed by atoms with van der Waals surface area (Å²) in [6, 6.07) is 0. The SMILES string of the molecule is CN(C)CCC[N]1CC[N]([Si](C)(C)C)[AlH]1. The largest absolute Gasteiger partial charge is 0.455 e. The van der Waals surface area contributed by atoms with E-state index in [-0.39, 0.29) is 15.7 Å². The van der Waals surface area contributed by atoms with Crippen LogP contribution in [0.15, 0.2) is 0 Å². The molecule has 88 valence electrons. The molecular weight excluding hydrogens is 217 g/mol. The zero-order valence-corrected chi connectivity index (χ0v) is 13.5. The van der Waals surface area contributed by atoms with Crippen molar-refractivity contribution in [1.29, 1.82) is 0 Å². The molecule has 0 spiro atoms. The zero-order chi connectivity index (χ0) is 11.5. The second kappa shape index (κ2) is 5.81. The Morgan fingerprint density at radius 2 is 1.87 bits per heavy atom. The van der Waals surface area contributed by atoms with Crippen molar-refractivity contribution >= 4 is 23.9 Å². The van der Waals surface area contributed by atoms with Crippen LogP contribution in [0.3, 0.4) is 0 Å². The average molecular weight is 243 g/mol. The van der Waals surface area contributed by atoms with Crippen LogP contribution in [0.5, 0.6) is 0 Å². The van der Waals surface area contributed by atoms with E-state index in [4.69, 9.17) is 0 Å². The fourth-order valence-corrected chi connectivity index (χ4v) is 6.47.